The van der Waals surface area contributed by atoms with E-state index in [2.05, 4.69) is 5.32 Å². The molecule has 3 nitrogen and oxygen atoms in total. The Bertz CT molecular complexity index is 540. The Morgan fingerprint density at radius 2 is 1.74 bits per heavy atom. The van der Waals surface area contributed by atoms with Gasteiger partial charge in [0.2, 0.25) is 5.91 Å². The zero-order valence-electron chi connectivity index (χ0n) is 10.3. The molecular weight excluding hydrogens is 260 g/mol. The van der Waals surface area contributed by atoms with Crippen LogP contribution in [0.1, 0.15) is 5.56 Å². The smallest absolute Gasteiger partial charge is 0.241 e. The first-order chi connectivity index (χ1) is 9.15. The lowest BCUT2D eigenvalue weighted by Crippen LogP contribution is -2.37. The third kappa shape index (κ3) is 4.09. The maximum absolute atomic E-state index is 11.9. The van der Waals surface area contributed by atoms with E-state index < -0.39 is 6.04 Å². The van der Waals surface area contributed by atoms with Gasteiger partial charge in [-0.15, -0.1) is 0 Å². The van der Waals surface area contributed by atoms with Crippen LogP contribution in [0.2, 0.25) is 5.02 Å². The lowest BCUT2D eigenvalue weighted by atomic mass is 10.1. The fraction of sp³-hybridized carbons (Fsp3) is 0.133. The number of carbonyl (C=O) groups is 1. The molecule has 0 fully saturated rings. The highest BCUT2D eigenvalue weighted by Crippen LogP contribution is 2.13. The molecule has 0 bridgehead atoms. The second kappa shape index (κ2) is 6.36. The number of nitrogens with one attached hydrogen (secondary N) is 1. The first-order valence-electron chi connectivity index (χ1n) is 6.01. The van der Waals surface area contributed by atoms with Crippen molar-refractivity contribution in [3.8, 4) is 0 Å². The Morgan fingerprint density at radius 3 is 2.37 bits per heavy atom. The standard InChI is InChI=1S/C15H15ClN2O/c16-12-6-8-13(9-7-12)18-15(19)14(17)10-11-4-2-1-3-5-11/h1-9,14H,10,17H2,(H,18,19)/t14-/m1/s1. The van der Waals surface area contributed by atoms with E-state index in [1.807, 2.05) is 30.3 Å². The molecule has 0 radical (unpaired) electrons. The maximum atomic E-state index is 11.9. The first kappa shape index (κ1) is 13.6. The molecule has 0 spiro atoms. The van der Waals surface area contributed by atoms with Gasteiger partial charge in [-0.05, 0) is 36.2 Å². The molecule has 0 aromatic heterocycles. The highest BCUT2D eigenvalue weighted by atomic mass is 35.5. The topological polar surface area (TPSA) is 55.1 Å². The number of carbonyl (C=O) groups excluding carboxylic acids is 1. The molecule has 2 aromatic rings. The Balaban J connectivity index is 1.94. The van der Waals surface area contributed by atoms with Crippen LogP contribution < -0.4 is 11.1 Å². The summed E-state index contributed by atoms with van der Waals surface area (Å²) in [5.74, 6) is -0.203. The number of halogens is 1. The third-order valence-electron chi connectivity index (χ3n) is 2.75. The Labute approximate surface area is 117 Å². The molecule has 2 aromatic carbocycles. The average Bonchev–Trinajstić information content (AvgIpc) is 2.42. The van der Waals surface area contributed by atoms with Crippen LogP contribution in [-0.2, 0) is 11.2 Å². The van der Waals surface area contributed by atoms with Crippen molar-refractivity contribution in [2.45, 2.75) is 12.5 Å². The molecule has 0 aliphatic rings. The van der Waals surface area contributed by atoms with E-state index in [-0.39, 0.29) is 5.91 Å². The van der Waals surface area contributed by atoms with Gasteiger partial charge in [-0.2, -0.15) is 0 Å². The van der Waals surface area contributed by atoms with Gasteiger partial charge in [0.25, 0.3) is 0 Å². The molecule has 4 heteroatoms. The number of hydrogen-bond donors (Lipinski definition) is 2. The Morgan fingerprint density at radius 1 is 1.11 bits per heavy atom. The predicted molar refractivity (Wildman–Crippen MR) is 78.2 cm³/mol. The second-order valence-electron chi connectivity index (χ2n) is 4.29. The van der Waals surface area contributed by atoms with Gasteiger partial charge in [-0.3, -0.25) is 4.79 Å². The molecule has 0 saturated carbocycles. The quantitative estimate of drug-likeness (QED) is 0.901. The van der Waals surface area contributed by atoms with E-state index in [0.717, 1.165) is 5.56 Å². The summed E-state index contributed by atoms with van der Waals surface area (Å²) in [6.07, 6.45) is 0.514. The van der Waals surface area contributed by atoms with Gasteiger partial charge >= 0.3 is 0 Å². The fourth-order valence-corrected chi connectivity index (χ4v) is 1.85. The van der Waals surface area contributed by atoms with E-state index in [0.29, 0.717) is 17.1 Å². The molecule has 1 amide bonds. The van der Waals surface area contributed by atoms with Gasteiger partial charge < -0.3 is 11.1 Å². The minimum absolute atomic E-state index is 0.203. The van der Waals surface area contributed by atoms with E-state index in [1.165, 1.54) is 0 Å². The summed E-state index contributed by atoms with van der Waals surface area (Å²) in [6, 6.07) is 16.1. The van der Waals surface area contributed by atoms with E-state index >= 15 is 0 Å². The van der Waals surface area contributed by atoms with Crippen LogP contribution in [0.5, 0.6) is 0 Å². The minimum Gasteiger partial charge on any atom is -0.325 e. The Kier molecular flexibility index (Phi) is 4.55. The molecule has 0 heterocycles. The summed E-state index contributed by atoms with van der Waals surface area (Å²) < 4.78 is 0. The number of hydrogen-bond acceptors (Lipinski definition) is 2. The van der Waals surface area contributed by atoms with Crippen LogP contribution in [0.25, 0.3) is 0 Å². The maximum Gasteiger partial charge on any atom is 0.241 e. The Hall–Kier alpha value is -1.84. The highest BCUT2D eigenvalue weighted by molar-refractivity contribution is 6.30. The molecular formula is C15H15ClN2O. The van der Waals surface area contributed by atoms with Crippen molar-refractivity contribution in [3.05, 3.63) is 65.2 Å². The van der Waals surface area contributed by atoms with Crippen molar-refractivity contribution in [3.63, 3.8) is 0 Å². The molecule has 0 aliphatic heterocycles. The molecule has 3 N–H and O–H groups in total. The zero-order chi connectivity index (χ0) is 13.7. The van der Waals surface area contributed by atoms with Gasteiger partial charge in [0.15, 0.2) is 0 Å². The van der Waals surface area contributed by atoms with Gasteiger partial charge in [0.1, 0.15) is 0 Å². The van der Waals surface area contributed by atoms with Crippen LogP contribution in [0.4, 0.5) is 5.69 Å². The fourth-order valence-electron chi connectivity index (χ4n) is 1.73. The molecule has 0 saturated heterocycles. The third-order valence-corrected chi connectivity index (χ3v) is 3.00. The number of nitrogens with two attached hydrogens (primary N) is 1. The average molecular weight is 275 g/mol. The summed E-state index contributed by atoms with van der Waals surface area (Å²) in [7, 11) is 0. The highest BCUT2D eigenvalue weighted by Gasteiger charge is 2.13. The van der Waals surface area contributed by atoms with Crippen molar-refractivity contribution in [2.24, 2.45) is 5.73 Å². The predicted octanol–water partition coefficient (Wildman–Crippen LogP) is 2.85. The summed E-state index contributed by atoms with van der Waals surface area (Å²) >= 11 is 5.78. The monoisotopic (exact) mass is 274 g/mol. The van der Waals surface area contributed by atoms with Crippen LogP contribution >= 0.6 is 11.6 Å². The van der Waals surface area contributed by atoms with Gasteiger partial charge in [0, 0.05) is 10.7 Å². The molecule has 2 rings (SSSR count). The van der Waals surface area contributed by atoms with Crippen molar-refractivity contribution in [1.82, 2.24) is 0 Å². The van der Waals surface area contributed by atoms with Crippen molar-refractivity contribution in [2.75, 3.05) is 5.32 Å². The molecule has 19 heavy (non-hydrogen) atoms. The lowest BCUT2D eigenvalue weighted by molar-refractivity contribution is -0.117. The molecule has 98 valence electrons. The number of anilines is 1. The number of benzene rings is 2. The minimum atomic E-state index is -0.571. The van der Waals surface area contributed by atoms with Gasteiger partial charge in [0.05, 0.1) is 6.04 Å². The first-order valence-corrected chi connectivity index (χ1v) is 6.39. The zero-order valence-corrected chi connectivity index (χ0v) is 11.1. The van der Waals surface area contributed by atoms with Crippen LogP contribution in [0, 0.1) is 0 Å². The van der Waals surface area contributed by atoms with E-state index in [9.17, 15) is 4.79 Å². The summed E-state index contributed by atoms with van der Waals surface area (Å²) in [5, 5.41) is 3.40. The van der Waals surface area contributed by atoms with Crippen molar-refractivity contribution >= 4 is 23.2 Å². The summed E-state index contributed by atoms with van der Waals surface area (Å²) in [5.41, 5.74) is 7.62. The van der Waals surface area contributed by atoms with Crippen molar-refractivity contribution in [1.29, 1.82) is 0 Å². The largest absolute Gasteiger partial charge is 0.325 e. The van der Waals surface area contributed by atoms with Crippen molar-refractivity contribution < 1.29 is 4.79 Å². The number of rotatable bonds is 4. The van der Waals surface area contributed by atoms with Crippen LogP contribution in [-0.4, -0.2) is 11.9 Å². The summed E-state index contributed by atoms with van der Waals surface area (Å²) in [6.45, 7) is 0. The second-order valence-corrected chi connectivity index (χ2v) is 4.73. The molecule has 0 unspecified atom stereocenters. The SMILES string of the molecule is N[C@H](Cc1ccccc1)C(=O)Nc1ccc(Cl)cc1. The van der Waals surface area contributed by atoms with Crippen LogP contribution in [0.3, 0.4) is 0 Å². The number of amides is 1. The van der Waals surface area contributed by atoms with E-state index in [1.54, 1.807) is 24.3 Å². The van der Waals surface area contributed by atoms with Gasteiger partial charge in [-0.1, -0.05) is 41.9 Å². The normalized spacial score (nSPS) is 11.9. The van der Waals surface area contributed by atoms with Gasteiger partial charge in [-0.25, -0.2) is 0 Å². The summed E-state index contributed by atoms with van der Waals surface area (Å²) in [4.78, 5) is 11.9. The van der Waals surface area contributed by atoms with Crippen LogP contribution in [0.15, 0.2) is 54.6 Å². The lowest BCUT2D eigenvalue weighted by Gasteiger charge is -2.12. The van der Waals surface area contributed by atoms with E-state index in [4.69, 9.17) is 17.3 Å². The molecule has 1 atom stereocenters. The molecule has 0 aliphatic carbocycles.